The van der Waals surface area contributed by atoms with E-state index in [2.05, 4.69) is 0 Å². The van der Waals surface area contributed by atoms with Gasteiger partial charge in [0.25, 0.3) is 0 Å². The molecule has 1 N–H and O–H groups in total. The van der Waals surface area contributed by atoms with Crippen molar-refractivity contribution in [2.75, 3.05) is 0 Å². The van der Waals surface area contributed by atoms with Crippen molar-refractivity contribution in [3.63, 3.8) is 0 Å². The van der Waals surface area contributed by atoms with Gasteiger partial charge in [0.1, 0.15) is 5.75 Å². The standard InChI is InChI=1S/C12H15ClO3S/c1-8-6-12(14)11(7-17(13,15)16)10-5-3-2-4-9(8)10/h6,14H,2-5,7H2,1H3. The molecule has 0 aliphatic heterocycles. The van der Waals surface area contributed by atoms with E-state index in [9.17, 15) is 13.5 Å². The first-order valence-corrected chi connectivity index (χ1v) is 8.12. The Morgan fingerprint density at radius 1 is 1.29 bits per heavy atom. The van der Waals surface area contributed by atoms with E-state index in [1.807, 2.05) is 6.92 Å². The molecule has 17 heavy (non-hydrogen) atoms. The summed E-state index contributed by atoms with van der Waals surface area (Å²) in [6.07, 6.45) is 3.93. The van der Waals surface area contributed by atoms with Crippen molar-refractivity contribution in [2.24, 2.45) is 0 Å². The van der Waals surface area contributed by atoms with Gasteiger partial charge in [-0.15, -0.1) is 0 Å². The van der Waals surface area contributed by atoms with E-state index in [1.165, 1.54) is 5.56 Å². The summed E-state index contributed by atoms with van der Waals surface area (Å²) >= 11 is 0. The molecule has 0 saturated carbocycles. The maximum absolute atomic E-state index is 11.2. The number of rotatable bonds is 2. The zero-order chi connectivity index (χ0) is 12.6. The number of fused-ring (bicyclic) bond motifs is 1. The van der Waals surface area contributed by atoms with Gasteiger partial charge in [-0.1, -0.05) is 0 Å². The molecule has 2 rings (SSSR count). The highest BCUT2D eigenvalue weighted by atomic mass is 35.7. The van der Waals surface area contributed by atoms with E-state index in [0.29, 0.717) is 5.56 Å². The van der Waals surface area contributed by atoms with Crippen LogP contribution in [0.5, 0.6) is 5.75 Å². The maximum atomic E-state index is 11.2. The Morgan fingerprint density at radius 2 is 1.88 bits per heavy atom. The van der Waals surface area contributed by atoms with Crippen LogP contribution in [-0.2, 0) is 27.6 Å². The fourth-order valence-corrected chi connectivity index (χ4v) is 3.54. The Balaban J connectivity index is 2.58. The second-order valence-corrected chi connectivity index (χ2v) is 7.32. The predicted octanol–water partition coefficient (Wildman–Crippen LogP) is 2.65. The number of aromatic hydroxyl groups is 1. The van der Waals surface area contributed by atoms with E-state index in [0.717, 1.165) is 36.8 Å². The van der Waals surface area contributed by atoms with Crippen molar-refractivity contribution in [3.05, 3.63) is 28.3 Å². The predicted molar refractivity (Wildman–Crippen MR) is 68.0 cm³/mol. The van der Waals surface area contributed by atoms with Crippen molar-refractivity contribution in [2.45, 2.75) is 38.4 Å². The lowest BCUT2D eigenvalue weighted by molar-refractivity contribution is 0.466. The molecule has 0 aromatic heterocycles. The second-order valence-electron chi connectivity index (χ2n) is 4.54. The molecule has 94 valence electrons. The van der Waals surface area contributed by atoms with Gasteiger partial charge in [0, 0.05) is 16.2 Å². The Bertz CT molecular complexity index is 549. The zero-order valence-electron chi connectivity index (χ0n) is 9.66. The number of phenolic OH excluding ortho intramolecular Hbond substituents is 1. The summed E-state index contributed by atoms with van der Waals surface area (Å²) in [4.78, 5) is 0. The molecule has 3 nitrogen and oxygen atoms in total. The van der Waals surface area contributed by atoms with Crippen LogP contribution in [0, 0.1) is 6.92 Å². The van der Waals surface area contributed by atoms with E-state index >= 15 is 0 Å². The molecule has 0 atom stereocenters. The zero-order valence-corrected chi connectivity index (χ0v) is 11.2. The number of aryl methyl sites for hydroxylation is 1. The van der Waals surface area contributed by atoms with Crippen LogP contribution in [0.25, 0.3) is 0 Å². The number of hydrogen-bond acceptors (Lipinski definition) is 3. The summed E-state index contributed by atoms with van der Waals surface area (Å²) in [7, 11) is 1.65. The minimum atomic E-state index is -3.63. The number of hydrogen-bond donors (Lipinski definition) is 1. The van der Waals surface area contributed by atoms with Gasteiger partial charge in [0.05, 0.1) is 5.75 Å². The summed E-state index contributed by atoms with van der Waals surface area (Å²) in [5.41, 5.74) is 3.69. The monoisotopic (exact) mass is 274 g/mol. The van der Waals surface area contributed by atoms with E-state index in [4.69, 9.17) is 10.7 Å². The summed E-state index contributed by atoms with van der Waals surface area (Å²) in [5.74, 6) is -0.240. The third-order valence-electron chi connectivity index (χ3n) is 3.29. The topological polar surface area (TPSA) is 54.4 Å². The molecule has 0 amide bonds. The Kier molecular flexibility index (Phi) is 3.36. The van der Waals surface area contributed by atoms with Crippen LogP contribution in [-0.4, -0.2) is 13.5 Å². The van der Waals surface area contributed by atoms with Gasteiger partial charge < -0.3 is 5.11 Å². The van der Waals surface area contributed by atoms with Crippen LogP contribution in [0.3, 0.4) is 0 Å². The summed E-state index contributed by atoms with van der Waals surface area (Å²) < 4.78 is 22.4. The van der Waals surface area contributed by atoms with Crippen LogP contribution >= 0.6 is 10.7 Å². The fraction of sp³-hybridized carbons (Fsp3) is 0.500. The lowest BCUT2D eigenvalue weighted by Crippen LogP contribution is -2.10. The molecule has 0 unspecified atom stereocenters. The largest absolute Gasteiger partial charge is 0.508 e. The Labute approximate surface area is 106 Å². The summed E-state index contributed by atoms with van der Waals surface area (Å²) in [6.45, 7) is 1.95. The molecular weight excluding hydrogens is 260 g/mol. The van der Waals surface area contributed by atoms with Gasteiger partial charge in [0.2, 0.25) is 9.05 Å². The first kappa shape index (κ1) is 12.7. The first-order chi connectivity index (χ1) is 7.88. The van der Waals surface area contributed by atoms with E-state index in [1.54, 1.807) is 6.07 Å². The smallest absolute Gasteiger partial charge is 0.236 e. The lowest BCUT2D eigenvalue weighted by Gasteiger charge is -2.22. The highest BCUT2D eigenvalue weighted by Gasteiger charge is 2.21. The van der Waals surface area contributed by atoms with Gasteiger partial charge >= 0.3 is 0 Å². The van der Waals surface area contributed by atoms with Crippen molar-refractivity contribution in [1.82, 2.24) is 0 Å². The van der Waals surface area contributed by atoms with Crippen LogP contribution in [0.2, 0.25) is 0 Å². The molecule has 0 spiro atoms. The Morgan fingerprint density at radius 3 is 2.47 bits per heavy atom. The molecule has 1 aliphatic carbocycles. The maximum Gasteiger partial charge on any atom is 0.236 e. The molecule has 1 aliphatic rings. The van der Waals surface area contributed by atoms with E-state index < -0.39 is 9.05 Å². The van der Waals surface area contributed by atoms with Gasteiger partial charge in [-0.05, 0) is 55.4 Å². The van der Waals surface area contributed by atoms with Crippen LogP contribution in [0.15, 0.2) is 6.07 Å². The normalized spacial score (nSPS) is 15.6. The highest BCUT2D eigenvalue weighted by molar-refractivity contribution is 8.13. The molecule has 0 radical (unpaired) electrons. The molecule has 1 aromatic rings. The Hall–Kier alpha value is -0.740. The lowest BCUT2D eigenvalue weighted by atomic mass is 9.85. The van der Waals surface area contributed by atoms with Crippen LogP contribution in [0.1, 0.15) is 35.1 Å². The van der Waals surface area contributed by atoms with Crippen LogP contribution < -0.4 is 0 Å². The molecule has 0 bridgehead atoms. The SMILES string of the molecule is Cc1cc(O)c(CS(=O)(=O)Cl)c2c1CCCC2. The second kappa shape index (κ2) is 4.50. The molecule has 1 aromatic carbocycles. The van der Waals surface area contributed by atoms with Crippen LogP contribution in [0.4, 0.5) is 0 Å². The van der Waals surface area contributed by atoms with Gasteiger partial charge in [-0.3, -0.25) is 0 Å². The van der Waals surface area contributed by atoms with E-state index in [-0.39, 0.29) is 11.5 Å². The quantitative estimate of drug-likeness (QED) is 0.844. The number of halogens is 1. The highest BCUT2D eigenvalue weighted by Crippen LogP contribution is 2.34. The van der Waals surface area contributed by atoms with Crippen molar-refractivity contribution in [3.8, 4) is 5.75 Å². The van der Waals surface area contributed by atoms with Gasteiger partial charge in [-0.25, -0.2) is 8.42 Å². The summed E-state index contributed by atoms with van der Waals surface area (Å²) in [6, 6.07) is 1.64. The molecule has 0 heterocycles. The van der Waals surface area contributed by atoms with Crippen molar-refractivity contribution in [1.29, 1.82) is 0 Å². The molecule has 0 saturated heterocycles. The number of phenols is 1. The third-order valence-corrected chi connectivity index (χ3v) is 4.25. The molecule has 0 fully saturated rings. The van der Waals surface area contributed by atoms with Gasteiger partial charge in [0.15, 0.2) is 0 Å². The minimum absolute atomic E-state index is 0.0485. The minimum Gasteiger partial charge on any atom is -0.508 e. The first-order valence-electron chi connectivity index (χ1n) is 5.64. The average Bonchev–Trinajstić information content (AvgIpc) is 2.23. The molecule has 5 heteroatoms. The van der Waals surface area contributed by atoms with Crippen molar-refractivity contribution >= 4 is 19.7 Å². The van der Waals surface area contributed by atoms with Gasteiger partial charge in [-0.2, -0.15) is 0 Å². The number of benzene rings is 1. The van der Waals surface area contributed by atoms with Crippen molar-refractivity contribution < 1.29 is 13.5 Å². The average molecular weight is 275 g/mol. The third kappa shape index (κ3) is 2.75. The summed E-state index contributed by atoms with van der Waals surface area (Å²) in [5, 5.41) is 9.89. The molecular formula is C12H15ClO3S. The fourth-order valence-electron chi connectivity index (χ4n) is 2.54.